The highest BCUT2D eigenvalue weighted by molar-refractivity contribution is 5.93. The quantitative estimate of drug-likeness (QED) is 0.835. The van der Waals surface area contributed by atoms with Crippen molar-refractivity contribution in [3.63, 3.8) is 0 Å². The van der Waals surface area contributed by atoms with E-state index in [1.807, 2.05) is 6.07 Å². The molecule has 0 aliphatic carbocycles. The molecule has 0 fully saturated rings. The molecule has 0 aromatic carbocycles. The first-order valence-corrected chi connectivity index (χ1v) is 5.72. The van der Waals surface area contributed by atoms with Gasteiger partial charge in [0.25, 0.3) is 5.91 Å². The van der Waals surface area contributed by atoms with Crippen LogP contribution in [0, 0.1) is 0 Å². The Bertz CT molecular complexity index is 578. The van der Waals surface area contributed by atoms with Crippen molar-refractivity contribution in [2.45, 2.75) is 13.1 Å². The summed E-state index contributed by atoms with van der Waals surface area (Å²) in [4.78, 5) is 26.7. The van der Waals surface area contributed by atoms with Gasteiger partial charge in [0.15, 0.2) is 0 Å². The van der Waals surface area contributed by atoms with Crippen LogP contribution in [0.1, 0.15) is 16.2 Å². The van der Waals surface area contributed by atoms with Gasteiger partial charge in [-0.2, -0.15) is 0 Å². The molecule has 2 aromatic heterocycles. The molecular weight excluding hydrogens is 246 g/mol. The molecule has 0 radical (unpaired) electrons. The summed E-state index contributed by atoms with van der Waals surface area (Å²) >= 11 is 0. The molecule has 19 heavy (non-hydrogen) atoms. The molecule has 1 amide bonds. The number of nitrogens with zero attached hydrogens (tertiary/aromatic N) is 2. The lowest BCUT2D eigenvalue weighted by Gasteiger charge is -2.07. The topological polar surface area (TPSA) is 84.2 Å². The van der Waals surface area contributed by atoms with Gasteiger partial charge in [0.1, 0.15) is 12.2 Å². The molecule has 2 N–H and O–H groups in total. The Morgan fingerprint density at radius 1 is 1.26 bits per heavy atom. The van der Waals surface area contributed by atoms with E-state index in [1.165, 1.54) is 4.57 Å². The Morgan fingerprint density at radius 3 is 2.79 bits per heavy atom. The first-order chi connectivity index (χ1) is 9.16. The summed E-state index contributed by atoms with van der Waals surface area (Å²) in [5.74, 6) is -1.31. The molecule has 2 rings (SSSR count). The highest BCUT2D eigenvalue weighted by Gasteiger charge is 2.12. The lowest BCUT2D eigenvalue weighted by molar-refractivity contribution is -0.137. The predicted molar refractivity (Wildman–Crippen MR) is 67.5 cm³/mol. The summed E-state index contributed by atoms with van der Waals surface area (Å²) in [6.07, 6.45) is 3.21. The highest BCUT2D eigenvalue weighted by atomic mass is 16.4. The molecule has 0 aliphatic heterocycles. The molecule has 6 nitrogen and oxygen atoms in total. The van der Waals surface area contributed by atoms with E-state index in [0.29, 0.717) is 12.2 Å². The third kappa shape index (κ3) is 3.41. The van der Waals surface area contributed by atoms with Crippen molar-refractivity contribution in [2.24, 2.45) is 0 Å². The van der Waals surface area contributed by atoms with Gasteiger partial charge in [-0.3, -0.25) is 14.6 Å². The number of aromatic nitrogens is 2. The number of pyridine rings is 1. The minimum Gasteiger partial charge on any atom is -0.480 e. The molecule has 0 aliphatic rings. The van der Waals surface area contributed by atoms with Gasteiger partial charge in [-0.1, -0.05) is 6.07 Å². The van der Waals surface area contributed by atoms with Gasteiger partial charge in [0.05, 0.1) is 12.2 Å². The van der Waals surface area contributed by atoms with E-state index in [0.717, 1.165) is 5.69 Å². The summed E-state index contributed by atoms with van der Waals surface area (Å²) in [6, 6.07) is 8.65. The number of amides is 1. The summed E-state index contributed by atoms with van der Waals surface area (Å²) in [7, 11) is 0. The molecule has 0 bridgehead atoms. The molecule has 0 saturated heterocycles. The van der Waals surface area contributed by atoms with Crippen molar-refractivity contribution in [3.8, 4) is 0 Å². The second-order valence-corrected chi connectivity index (χ2v) is 3.92. The number of aliphatic carboxylic acids is 1. The summed E-state index contributed by atoms with van der Waals surface area (Å²) in [5.41, 5.74) is 1.06. The number of carbonyl (C=O) groups is 2. The van der Waals surface area contributed by atoms with E-state index in [9.17, 15) is 9.59 Å². The molecular formula is C13H13N3O3. The Hall–Kier alpha value is -2.63. The van der Waals surface area contributed by atoms with Crippen LogP contribution in [0.4, 0.5) is 0 Å². The minimum absolute atomic E-state index is 0.237. The van der Waals surface area contributed by atoms with Gasteiger partial charge in [-0.15, -0.1) is 0 Å². The fourth-order valence-corrected chi connectivity index (χ4v) is 1.67. The monoisotopic (exact) mass is 259 g/mol. The van der Waals surface area contributed by atoms with E-state index >= 15 is 0 Å². The molecule has 0 atom stereocenters. The lowest BCUT2D eigenvalue weighted by atomic mass is 10.3. The second kappa shape index (κ2) is 5.81. The molecule has 0 unspecified atom stereocenters. The highest BCUT2D eigenvalue weighted by Crippen LogP contribution is 2.03. The van der Waals surface area contributed by atoms with Crippen LogP contribution < -0.4 is 5.32 Å². The first kappa shape index (κ1) is 12.8. The number of rotatable bonds is 5. The largest absolute Gasteiger partial charge is 0.480 e. The average Bonchev–Trinajstić information content (AvgIpc) is 2.84. The van der Waals surface area contributed by atoms with E-state index in [2.05, 4.69) is 10.3 Å². The van der Waals surface area contributed by atoms with E-state index in [1.54, 1.807) is 36.7 Å². The zero-order chi connectivity index (χ0) is 13.7. The smallest absolute Gasteiger partial charge is 0.323 e. The Kier molecular flexibility index (Phi) is 3.92. The summed E-state index contributed by atoms with van der Waals surface area (Å²) < 4.78 is 1.39. The third-order valence-corrected chi connectivity index (χ3v) is 2.52. The van der Waals surface area contributed by atoms with Crippen molar-refractivity contribution in [1.82, 2.24) is 14.9 Å². The second-order valence-electron chi connectivity index (χ2n) is 3.92. The van der Waals surface area contributed by atoms with Crippen LogP contribution in [0.3, 0.4) is 0 Å². The van der Waals surface area contributed by atoms with Gasteiger partial charge in [-0.05, 0) is 24.3 Å². The van der Waals surface area contributed by atoms with E-state index < -0.39 is 5.97 Å². The van der Waals surface area contributed by atoms with Crippen molar-refractivity contribution >= 4 is 11.9 Å². The van der Waals surface area contributed by atoms with Crippen LogP contribution in [0.25, 0.3) is 0 Å². The van der Waals surface area contributed by atoms with Gasteiger partial charge < -0.3 is 15.0 Å². The molecule has 2 heterocycles. The predicted octanol–water partition coefficient (Wildman–Crippen LogP) is 0.898. The van der Waals surface area contributed by atoms with Crippen LogP contribution in [-0.2, 0) is 17.9 Å². The third-order valence-electron chi connectivity index (χ3n) is 2.52. The maximum Gasteiger partial charge on any atom is 0.323 e. The van der Waals surface area contributed by atoms with Crippen molar-refractivity contribution in [3.05, 3.63) is 54.1 Å². The zero-order valence-electron chi connectivity index (χ0n) is 10.1. The summed E-state index contributed by atoms with van der Waals surface area (Å²) in [6.45, 7) is 0.0667. The van der Waals surface area contributed by atoms with Gasteiger partial charge >= 0.3 is 5.97 Å². The fourth-order valence-electron chi connectivity index (χ4n) is 1.67. The Morgan fingerprint density at radius 2 is 2.11 bits per heavy atom. The number of hydrogen-bond acceptors (Lipinski definition) is 3. The number of nitrogens with one attached hydrogen (secondary N) is 1. The lowest BCUT2D eigenvalue weighted by Crippen LogP contribution is -2.26. The van der Waals surface area contributed by atoms with E-state index in [-0.39, 0.29) is 12.5 Å². The van der Waals surface area contributed by atoms with Crippen LogP contribution >= 0.6 is 0 Å². The minimum atomic E-state index is -0.991. The zero-order valence-corrected chi connectivity index (χ0v) is 10.1. The van der Waals surface area contributed by atoms with E-state index in [4.69, 9.17) is 5.11 Å². The first-order valence-electron chi connectivity index (χ1n) is 5.72. The molecule has 0 saturated carbocycles. The van der Waals surface area contributed by atoms with Crippen molar-refractivity contribution in [1.29, 1.82) is 0 Å². The normalized spacial score (nSPS) is 10.1. The van der Waals surface area contributed by atoms with Crippen LogP contribution in [0.15, 0.2) is 42.7 Å². The van der Waals surface area contributed by atoms with Gasteiger partial charge in [0.2, 0.25) is 0 Å². The van der Waals surface area contributed by atoms with Crippen LogP contribution in [0.2, 0.25) is 0 Å². The summed E-state index contributed by atoms with van der Waals surface area (Å²) in [5, 5.41) is 11.4. The molecule has 2 aromatic rings. The molecule has 98 valence electrons. The van der Waals surface area contributed by atoms with Crippen LogP contribution in [-0.4, -0.2) is 26.5 Å². The number of carboxylic acid groups (broad SMARTS) is 1. The molecule has 0 spiro atoms. The Labute approximate surface area is 109 Å². The standard InChI is InChI=1S/C13H13N3O3/c17-12(18)9-16-7-3-5-11(16)13(19)15-8-10-4-1-2-6-14-10/h1-7H,8-9H2,(H,15,19)(H,17,18). The maximum absolute atomic E-state index is 11.9. The van der Waals surface area contributed by atoms with Gasteiger partial charge in [-0.25, -0.2) is 0 Å². The van der Waals surface area contributed by atoms with Gasteiger partial charge in [0, 0.05) is 12.4 Å². The van der Waals surface area contributed by atoms with Crippen LogP contribution in [0.5, 0.6) is 0 Å². The number of carboxylic acids is 1. The number of carbonyl (C=O) groups excluding carboxylic acids is 1. The van der Waals surface area contributed by atoms with Crippen molar-refractivity contribution < 1.29 is 14.7 Å². The SMILES string of the molecule is O=C(O)Cn1cccc1C(=O)NCc1ccccn1. The van der Waals surface area contributed by atoms with Crippen molar-refractivity contribution in [2.75, 3.05) is 0 Å². The fraction of sp³-hybridized carbons (Fsp3) is 0.154. The Balaban J connectivity index is 2.00. The molecule has 6 heteroatoms. The maximum atomic E-state index is 11.9. The average molecular weight is 259 g/mol. The number of hydrogen-bond donors (Lipinski definition) is 2.